The van der Waals surface area contributed by atoms with Crippen molar-refractivity contribution in [3.8, 4) is 0 Å². The Morgan fingerprint density at radius 2 is 1.32 bits per heavy atom. The van der Waals surface area contributed by atoms with E-state index in [2.05, 4.69) is 16.0 Å². The lowest BCUT2D eigenvalue weighted by Gasteiger charge is -2.20. The van der Waals surface area contributed by atoms with Gasteiger partial charge < -0.3 is 0 Å². The Morgan fingerprint density at radius 1 is 0.794 bits per heavy atom. The van der Waals surface area contributed by atoms with Crippen LogP contribution in [-0.4, -0.2) is 32.5 Å². The number of nitrogens with zero attached hydrogens (tertiary/aromatic N) is 4. The minimum atomic E-state index is -0.589. The molecule has 1 aliphatic rings. The maximum Gasteiger partial charge on any atom is 0.271 e. The average molecular weight is 460 g/mol. The Morgan fingerprint density at radius 3 is 1.88 bits per heavy atom. The van der Waals surface area contributed by atoms with E-state index in [0.717, 1.165) is 5.56 Å². The smallest absolute Gasteiger partial charge is 0.267 e. The van der Waals surface area contributed by atoms with Gasteiger partial charge in [0.05, 0.1) is 16.4 Å². The first-order valence-electron chi connectivity index (χ1n) is 9.87. The molecule has 4 rings (SSSR count). The van der Waals surface area contributed by atoms with Crippen molar-refractivity contribution < 1.29 is 19.4 Å². The van der Waals surface area contributed by atoms with E-state index in [0.29, 0.717) is 5.56 Å². The summed E-state index contributed by atoms with van der Waals surface area (Å²) < 4.78 is 0. The number of amidine groups is 1. The second-order valence-electron chi connectivity index (χ2n) is 7.17. The molecule has 12 heteroatoms. The Kier molecular flexibility index (Phi) is 5.95. The monoisotopic (exact) mass is 460 g/mol. The normalized spacial score (nSPS) is 13.3. The number of hydrogen-bond donors (Lipinski definition) is 2. The summed E-state index contributed by atoms with van der Waals surface area (Å²) in [6, 6.07) is 17.4. The van der Waals surface area contributed by atoms with Gasteiger partial charge in [-0.05, 0) is 29.8 Å². The van der Waals surface area contributed by atoms with Crippen LogP contribution in [0.25, 0.3) is 0 Å². The molecule has 2 amide bonds. The number of nitro benzene ring substituents is 2. The van der Waals surface area contributed by atoms with Crippen molar-refractivity contribution in [3.05, 3.63) is 115 Å². The van der Waals surface area contributed by atoms with Crippen LogP contribution in [0.2, 0.25) is 0 Å². The van der Waals surface area contributed by atoms with Crippen molar-refractivity contribution in [3.63, 3.8) is 0 Å². The number of amides is 2. The van der Waals surface area contributed by atoms with Gasteiger partial charge in [0.1, 0.15) is 0 Å². The fourth-order valence-corrected chi connectivity index (χ4v) is 3.30. The molecule has 2 N–H and O–H groups in total. The zero-order valence-corrected chi connectivity index (χ0v) is 17.4. The molecule has 12 nitrogen and oxygen atoms in total. The molecule has 0 saturated carbocycles. The summed E-state index contributed by atoms with van der Waals surface area (Å²) in [5, 5.41) is 27.2. The van der Waals surface area contributed by atoms with E-state index in [9.17, 15) is 29.8 Å². The van der Waals surface area contributed by atoms with Gasteiger partial charge in [-0.2, -0.15) is 5.10 Å². The predicted molar refractivity (Wildman–Crippen MR) is 120 cm³/mol. The van der Waals surface area contributed by atoms with Gasteiger partial charge in [0.25, 0.3) is 23.2 Å². The van der Waals surface area contributed by atoms with Crippen molar-refractivity contribution in [2.45, 2.75) is 6.54 Å². The molecule has 3 aromatic carbocycles. The van der Waals surface area contributed by atoms with Crippen LogP contribution in [0.3, 0.4) is 0 Å². The highest BCUT2D eigenvalue weighted by Crippen LogP contribution is 2.22. The first-order valence-corrected chi connectivity index (χ1v) is 9.87. The van der Waals surface area contributed by atoms with Gasteiger partial charge in [0, 0.05) is 41.0 Å². The molecule has 34 heavy (non-hydrogen) atoms. The number of carbonyl (C=O) groups is 2. The van der Waals surface area contributed by atoms with Crippen LogP contribution < -0.4 is 10.9 Å². The van der Waals surface area contributed by atoms with Crippen LogP contribution in [0.5, 0.6) is 0 Å². The SMILES string of the molecule is O=C(N/N=C1/c2ccccc2CN1NC(=O)c1ccc([N+](=O)[O-])cc1)c1ccc([N+](=O)[O-])cc1. The molecule has 1 heterocycles. The van der Waals surface area contributed by atoms with Gasteiger partial charge in [0.2, 0.25) is 0 Å². The fraction of sp³-hybridized carbons (Fsp3) is 0.0455. The van der Waals surface area contributed by atoms with Crippen LogP contribution in [0.15, 0.2) is 77.9 Å². The fourth-order valence-electron chi connectivity index (χ4n) is 3.30. The number of hydrogen-bond acceptors (Lipinski definition) is 7. The first-order chi connectivity index (χ1) is 16.3. The summed E-state index contributed by atoms with van der Waals surface area (Å²) in [6.45, 7) is 0.279. The lowest BCUT2D eigenvalue weighted by molar-refractivity contribution is -0.385. The van der Waals surface area contributed by atoms with E-state index in [1.807, 2.05) is 12.1 Å². The van der Waals surface area contributed by atoms with Crippen molar-refractivity contribution in [2.24, 2.45) is 5.10 Å². The number of benzene rings is 3. The molecule has 0 radical (unpaired) electrons. The summed E-state index contributed by atoms with van der Waals surface area (Å²) in [5.41, 5.74) is 6.73. The van der Waals surface area contributed by atoms with Gasteiger partial charge in [-0.3, -0.25) is 40.3 Å². The van der Waals surface area contributed by atoms with Gasteiger partial charge in [0.15, 0.2) is 5.84 Å². The number of carbonyl (C=O) groups excluding carboxylic acids is 2. The number of rotatable bonds is 6. The Bertz CT molecular complexity index is 1320. The van der Waals surface area contributed by atoms with Crippen molar-refractivity contribution in [1.29, 1.82) is 0 Å². The molecule has 0 saturated heterocycles. The third-order valence-electron chi connectivity index (χ3n) is 5.02. The number of fused-ring (bicyclic) bond motifs is 1. The molecule has 0 spiro atoms. The van der Waals surface area contributed by atoms with Crippen LogP contribution >= 0.6 is 0 Å². The molecule has 0 atom stereocenters. The quantitative estimate of drug-likeness (QED) is 0.422. The zero-order chi connectivity index (χ0) is 24.2. The number of nitro groups is 2. The van der Waals surface area contributed by atoms with Gasteiger partial charge >= 0.3 is 0 Å². The maximum atomic E-state index is 12.7. The van der Waals surface area contributed by atoms with Crippen LogP contribution in [0, 0.1) is 20.2 Å². The maximum absolute atomic E-state index is 12.7. The first kappa shape index (κ1) is 22.1. The number of hydrazone groups is 1. The summed E-state index contributed by atoms with van der Waals surface area (Å²) in [6.07, 6.45) is 0. The molecule has 170 valence electrons. The highest BCUT2D eigenvalue weighted by molar-refractivity contribution is 6.05. The highest BCUT2D eigenvalue weighted by Gasteiger charge is 2.27. The topological polar surface area (TPSA) is 160 Å². The molecule has 3 aromatic rings. The summed E-state index contributed by atoms with van der Waals surface area (Å²) in [4.78, 5) is 45.7. The van der Waals surface area contributed by atoms with Gasteiger partial charge in [-0.15, -0.1) is 0 Å². The number of hydrazine groups is 1. The van der Waals surface area contributed by atoms with E-state index < -0.39 is 21.7 Å². The van der Waals surface area contributed by atoms with E-state index in [-0.39, 0.29) is 34.9 Å². The standard InChI is InChI=1S/C22H16N6O6/c29-21(14-5-9-17(10-6-14)27(31)32)24-23-20-19-4-2-1-3-16(19)13-26(20)25-22(30)15-7-11-18(12-8-15)28(33)34/h1-12H,13H2,(H,24,29)(H,25,30)/b23-20-. The van der Waals surface area contributed by atoms with E-state index in [4.69, 9.17) is 0 Å². The largest absolute Gasteiger partial charge is 0.271 e. The number of non-ortho nitro benzene ring substituents is 2. The summed E-state index contributed by atoms with van der Waals surface area (Å²) >= 11 is 0. The highest BCUT2D eigenvalue weighted by atomic mass is 16.6. The summed E-state index contributed by atoms with van der Waals surface area (Å²) in [5.74, 6) is -0.827. The second kappa shape index (κ2) is 9.16. The van der Waals surface area contributed by atoms with Gasteiger partial charge in [-0.1, -0.05) is 24.3 Å². The Labute approximate surface area is 191 Å². The van der Waals surface area contributed by atoms with E-state index >= 15 is 0 Å². The predicted octanol–water partition coefficient (Wildman–Crippen LogP) is 2.76. The van der Waals surface area contributed by atoms with E-state index in [1.165, 1.54) is 53.5 Å². The minimum absolute atomic E-state index is 0.138. The second-order valence-corrected chi connectivity index (χ2v) is 7.17. The van der Waals surface area contributed by atoms with Crippen LogP contribution in [0.4, 0.5) is 11.4 Å². The van der Waals surface area contributed by atoms with Crippen molar-refractivity contribution in [1.82, 2.24) is 15.9 Å². The molecule has 1 aliphatic heterocycles. The summed E-state index contributed by atoms with van der Waals surface area (Å²) in [7, 11) is 0. The third-order valence-corrected chi connectivity index (χ3v) is 5.02. The van der Waals surface area contributed by atoms with E-state index in [1.54, 1.807) is 12.1 Å². The molecule has 0 aliphatic carbocycles. The van der Waals surface area contributed by atoms with Crippen molar-refractivity contribution in [2.75, 3.05) is 0 Å². The molecular formula is C22H16N6O6. The Balaban J connectivity index is 1.53. The molecule has 0 aromatic heterocycles. The Hall–Kier alpha value is -5.13. The lowest BCUT2D eigenvalue weighted by Crippen LogP contribution is -2.43. The molecule has 0 unspecified atom stereocenters. The lowest BCUT2D eigenvalue weighted by atomic mass is 10.1. The zero-order valence-electron chi connectivity index (χ0n) is 17.4. The molecule has 0 fully saturated rings. The molecule has 0 bridgehead atoms. The van der Waals surface area contributed by atoms with Crippen LogP contribution in [0.1, 0.15) is 31.8 Å². The molecular weight excluding hydrogens is 444 g/mol. The van der Waals surface area contributed by atoms with Crippen LogP contribution in [-0.2, 0) is 6.54 Å². The average Bonchev–Trinajstić information content (AvgIpc) is 3.19. The van der Waals surface area contributed by atoms with Crippen molar-refractivity contribution >= 4 is 29.0 Å². The minimum Gasteiger partial charge on any atom is -0.267 e. The van der Waals surface area contributed by atoms with Gasteiger partial charge in [-0.25, -0.2) is 5.43 Å². The third kappa shape index (κ3) is 4.55. The number of nitrogens with one attached hydrogen (secondary N) is 2.